The van der Waals surface area contributed by atoms with Crippen molar-refractivity contribution >= 4 is 40.5 Å². The first-order valence-corrected chi connectivity index (χ1v) is 6.86. The first-order valence-electron chi connectivity index (χ1n) is 6.10. The Morgan fingerprint density at radius 2 is 1.85 bits per heavy atom. The lowest BCUT2D eigenvalue weighted by molar-refractivity contribution is -0.114. The predicted octanol–water partition coefficient (Wildman–Crippen LogP) is 4.35. The minimum absolute atomic E-state index is 0.134. The van der Waals surface area contributed by atoms with Gasteiger partial charge in [-0.3, -0.25) is 4.79 Å². The van der Waals surface area contributed by atoms with Crippen LogP contribution in [0.5, 0.6) is 0 Å². The molecular formula is C15H14Cl2N2O. The van der Waals surface area contributed by atoms with Crippen LogP contribution in [0.25, 0.3) is 0 Å². The first-order chi connectivity index (χ1) is 9.56. The maximum Gasteiger partial charge on any atom is 0.243 e. The number of nitrogens with one attached hydrogen (secondary N) is 2. The number of para-hydroxylation sites is 1. The summed E-state index contributed by atoms with van der Waals surface area (Å²) >= 11 is 11.8. The van der Waals surface area contributed by atoms with Crippen LogP contribution in [0.1, 0.15) is 5.56 Å². The molecule has 0 atom stereocenters. The molecule has 0 fully saturated rings. The SMILES string of the molecule is Cc1ccccc1NC(=O)CNc1ccc(Cl)cc1Cl. The maximum absolute atomic E-state index is 11.9. The van der Waals surface area contributed by atoms with Crippen molar-refractivity contribution in [1.82, 2.24) is 0 Å². The van der Waals surface area contributed by atoms with Crippen molar-refractivity contribution in [2.75, 3.05) is 17.2 Å². The van der Waals surface area contributed by atoms with Gasteiger partial charge in [-0.2, -0.15) is 0 Å². The van der Waals surface area contributed by atoms with E-state index >= 15 is 0 Å². The van der Waals surface area contributed by atoms with Crippen LogP contribution in [-0.2, 0) is 4.79 Å². The van der Waals surface area contributed by atoms with Gasteiger partial charge in [0.25, 0.3) is 0 Å². The summed E-state index contributed by atoms with van der Waals surface area (Å²) < 4.78 is 0. The molecule has 0 aliphatic carbocycles. The second-order valence-corrected chi connectivity index (χ2v) is 5.18. The van der Waals surface area contributed by atoms with Gasteiger partial charge in [-0.1, -0.05) is 41.4 Å². The molecule has 2 N–H and O–H groups in total. The smallest absolute Gasteiger partial charge is 0.243 e. The third kappa shape index (κ3) is 3.89. The molecular weight excluding hydrogens is 295 g/mol. The zero-order valence-corrected chi connectivity index (χ0v) is 12.4. The number of hydrogen-bond acceptors (Lipinski definition) is 2. The van der Waals surface area contributed by atoms with Gasteiger partial charge in [0.1, 0.15) is 0 Å². The molecule has 1 amide bonds. The number of carbonyl (C=O) groups is 1. The van der Waals surface area contributed by atoms with Gasteiger partial charge in [0, 0.05) is 10.7 Å². The van der Waals surface area contributed by atoms with Crippen LogP contribution in [0, 0.1) is 6.92 Å². The van der Waals surface area contributed by atoms with Gasteiger partial charge in [-0.05, 0) is 36.8 Å². The predicted molar refractivity (Wildman–Crippen MR) is 84.8 cm³/mol. The summed E-state index contributed by atoms with van der Waals surface area (Å²) in [5.41, 5.74) is 2.50. The van der Waals surface area contributed by atoms with E-state index in [1.807, 2.05) is 31.2 Å². The van der Waals surface area contributed by atoms with Crippen molar-refractivity contribution in [3.05, 3.63) is 58.1 Å². The molecule has 104 valence electrons. The van der Waals surface area contributed by atoms with Gasteiger partial charge >= 0.3 is 0 Å². The fourth-order valence-electron chi connectivity index (χ4n) is 1.72. The summed E-state index contributed by atoms with van der Waals surface area (Å²) in [4.78, 5) is 11.9. The van der Waals surface area contributed by atoms with Crippen molar-refractivity contribution in [3.8, 4) is 0 Å². The average molecular weight is 309 g/mol. The average Bonchev–Trinajstić information content (AvgIpc) is 2.40. The van der Waals surface area contributed by atoms with E-state index in [4.69, 9.17) is 23.2 Å². The lowest BCUT2D eigenvalue weighted by Crippen LogP contribution is -2.22. The number of aryl methyl sites for hydroxylation is 1. The largest absolute Gasteiger partial charge is 0.375 e. The Hall–Kier alpha value is -1.71. The molecule has 2 aromatic rings. The third-order valence-electron chi connectivity index (χ3n) is 2.79. The Bertz CT molecular complexity index is 629. The Balaban J connectivity index is 1.94. The van der Waals surface area contributed by atoms with Crippen molar-refractivity contribution in [1.29, 1.82) is 0 Å². The minimum Gasteiger partial charge on any atom is -0.375 e. The van der Waals surface area contributed by atoms with Crippen LogP contribution in [0.15, 0.2) is 42.5 Å². The molecule has 0 heterocycles. The molecule has 0 unspecified atom stereocenters. The van der Waals surface area contributed by atoms with Gasteiger partial charge in [0.05, 0.1) is 17.3 Å². The monoisotopic (exact) mass is 308 g/mol. The van der Waals surface area contributed by atoms with Gasteiger partial charge in [-0.15, -0.1) is 0 Å². The van der Waals surface area contributed by atoms with E-state index in [0.717, 1.165) is 11.3 Å². The van der Waals surface area contributed by atoms with Gasteiger partial charge < -0.3 is 10.6 Å². The number of rotatable bonds is 4. The Labute approximate surface area is 127 Å². The normalized spacial score (nSPS) is 10.2. The molecule has 0 aliphatic rings. The van der Waals surface area contributed by atoms with Crippen LogP contribution in [0.4, 0.5) is 11.4 Å². The topological polar surface area (TPSA) is 41.1 Å². The molecule has 2 rings (SSSR count). The number of anilines is 2. The lowest BCUT2D eigenvalue weighted by Gasteiger charge is -2.10. The molecule has 0 aromatic heterocycles. The third-order valence-corrected chi connectivity index (χ3v) is 3.34. The van der Waals surface area contributed by atoms with Crippen molar-refractivity contribution in [2.45, 2.75) is 6.92 Å². The highest BCUT2D eigenvalue weighted by atomic mass is 35.5. The first kappa shape index (κ1) is 14.7. The van der Waals surface area contributed by atoms with E-state index in [-0.39, 0.29) is 12.5 Å². The molecule has 0 aliphatic heterocycles. The minimum atomic E-state index is -0.134. The molecule has 20 heavy (non-hydrogen) atoms. The number of carbonyl (C=O) groups excluding carboxylic acids is 1. The second kappa shape index (κ2) is 6.64. The summed E-state index contributed by atoms with van der Waals surface area (Å²) in [6.07, 6.45) is 0. The zero-order valence-electron chi connectivity index (χ0n) is 10.9. The summed E-state index contributed by atoms with van der Waals surface area (Å²) in [5, 5.41) is 6.87. The quantitative estimate of drug-likeness (QED) is 0.881. The van der Waals surface area contributed by atoms with E-state index in [1.165, 1.54) is 0 Å². The number of benzene rings is 2. The lowest BCUT2D eigenvalue weighted by atomic mass is 10.2. The molecule has 3 nitrogen and oxygen atoms in total. The molecule has 0 bridgehead atoms. The molecule has 0 radical (unpaired) electrons. The highest BCUT2D eigenvalue weighted by Crippen LogP contribution is 2.25. The van der Waals surface area contributed by atoms with Crippen LogP contribution < -0.4 is 10.6 Å². The highest BCUT2D eigenvalue weighted by molar-refractivity contribution is 6.36. The summed E-state index contributed by atoms with van der Waals surface area (Å²) in [6.45, 7) is 2.08. The second-order valence-electron chi connectivity index (χ2n) is 4.34. The fourth-order valence-corrected chi connectivity index (χ4v) is 2.19. The van der Waals surface area contributed by atoms with E-state index in [1.54, 1.807) is 18.2 Å². The number of halogens is 2. The fraction of sp³-hybridized carbons (Fsp3) is 0.133. The standard InChI is InChI=1S/C15H14Cl2N2O/c1-10-4-2-3-5-13(10)19-15(20)9-18-14-7-6-11(16)8-12(14)17/h2-8,18H,9H2,1H3,(H,19,20). The van der Waals surface area contributed by atoms with E-state index in [9.17, 15) is 4.79 Å². The molecule has 5 heteroatoms. The van der Waals surface area contributed by atoms with E-state index in [0.29, 0.717) is 15.7 Å². The van der Waals surface area contributed by atoms with Crippen LogP contribution in [0.3, 0.4) is 0 Å². The van der Waals surface area contributed by atoms with Crippen LogP contribution in [-0.4, -0.2) is 12.5 Å². The summed E-state index contributed by atoms with van der Waals surface area (Å²) in [5.74, 6) is -0.134. The molecule has 0 spiro atoms. The van der Waals surface area contributed by atoms with Gasteiger partial charge in [0.2, 0.25) is 5.91 Å². The van der Waals surface area contributed by atoms with Crippen LogP contribution >= 0.6 is 23.2 Å². The zero-order chi connectivity index (χ0) is 14.5. The number of hydrogen-bond donors (Lipinski definition) is 2. The molecule has 2 aromatic carbocycles. The Morgan fingerprint density at radius 3 is 2.55 bits per heavy atom. The van der Waals surface area contributed by atoms with Crippen molar-refractivity contribution in [3.63, 3.8) is 0 Å². The Morgan fingerprint density at radius 1 is 1.10 bits per heavy atom. The number of amides is 1. The highest BCUT2D eigenvalue weighted by Gasteiger charge is 2.06. The summed E-state index contributed by atoms with van der Waals surface area (Å²) in [7, 11) is 0. The Kier molecular flexibility index (Phi) is 4.88. The van der Waals surface area contributed by atoms with E-state index < -0.39 is 0 Å². The van der Waals surface area contributed by atoms with E-state index in [2.05, 4.69) is 10.6 Å². The molecule has 0 saturated carbocycles. The van der Waals surface area contributed by atoms with Crippen LogP contribution in [0.2, 0.25) is 10.0 Å². The maximum atomic E-state index is 11.9. The molecule has 0 saturated heterocycles. The van der Waals surface area contributed by atoms with Crippen molar-refractivity contribution < 1.29 is 4.79 Å². The van der Waals surface area contributed by atoms with Gasteiger partial charge in [-0.25, -0.2) is 0 Å². The van der Waals surface area contributed by atoms with Gasteiger partial charge in [0.15, 0.2) is 0 Å². The van der Waals surface area contributed by atoms with Crippen molar-refractivity contribution in [2.24, 2.45) is 0 Å². The summed E-state index contributed by atoms with van der Waals surface area (Å²) in [6, 6.07) is 12.7.